The molecule has 0 radical (unpaired) electrons. The summed E-state index contributed by atoms with van der Waals surface area (Å²) in [5.41, 5.74) is -0.323. The molecule has 0 amide bonds. The van der Waals surface area contributed by atoms with Crippen molar-refractivity contribution in [1.82, 2.24) is 24.0 Å². The number of aromatic nitrogens is 3. The zero-order valence-electron chi connectivity index (χ0n) is 16.2. The van der Waals surface area contributed by atoms with E-state index < -0.39 is 15.8 Å². The van der Waals surface area contributed by atoms with E-state index >= 15 is 0 Å². The molecule has 0 unspecified atom stereocenters. The fourth-order valence-corrected chi connectivity index (χ4v) is 4.26. The first-order valence-corrected chi connectivity index (χ1v) is 10.5. The predicted octanol–water partition coefficient (Wildman–Crippen LogP) is 0.454. The SMILES string of the molecule is COC(C)(C)CNS(=O)(=O)N1CCC(Nc2ncc3ccc(=O)[nH]c3n2)CC1. The summed E-state index contributed by atoms with van der Waals surface area (Å²) < 4.78 is 34.2. The van der Waals surface area contributed by atoms with E-state index in [0.717, 1.165) is 5.39 Å². The van der Waals surface area contributed by atoms with Gasteiger partial charge in [-0.15, -0.1) is 0 Å². The Labute approximate surface area is 163 Å². The van der Waals surface area contributed by atoms with Gasteiger partial charge in [0, 0.05) is 50.4 Å². The van der Waals surface area contributed by atoms with Crippen molar-refractivity contribution in [3.63, 3.8) is 0 Å². The first-order chi connectivity index (χ1) is 13.2. The zero-order chi connectivity index (χ0) is 20.4. The smallest absolute Gasteiger partial charge is 0.279 e. The summed E-state index contributed by atoms with van der Waals surface area (Å²) in [7, 11) is -2.00. The van der Waals surface area contributed by atoms with Crippen LogP contribution in [0.3, 0.4) is 0 Å². The second-order valence-corrected chi connectivity index (χ2v) is 9.18. The largest absolute Gasteiger partial charge is 0.377 e. The van der Waals surface area contributed by atoms with Crippen LogP contribution in [0.15, 0.2) is 23.1 Å². The number of methoxy groups -OCH3 is 1. The van der Waals surface area contributed by atoms with Crippen LogP contribution in [0.1, 0.15) is 26.7 Å². The molecular weight excluding hydrogens is 384 g/mol. The average Bonchev–Trinajstić information content (AvgIpc) is 2.67. The third-order valence-corrected chi connectivity index (χ3v) is 6.39. The summed E-state index contributed by atoms with van der Waals surface area (Å²) >= 11 is 0. The van der Waals surface area contributed by atoms with Gasteiger partial charge in [-0.25, -0.2) is 4.98 Å². The normalized spacial score (nSPS) is 17.1. The van der Waals surface area contributed by atoms with Crippen LogP contribution in [-0.2, 0) is 14.9 Å². The quantitative estimate of drug-likeness (QED) is 0.604. The summed E-state index contributed by atoms with van der Waals surface area (Å²) in [6.45, 7) is 4.63. The Hall–Kier alpha value is -2.08. The van der Waals surface area contributed by atoms with E-state index in [9.17, 15) is 13.2 Å². The Morgan fingerprint density at radius 1 is 1.32 bits per heavy atom. The zero-order valence-corrected chi connectivity index (χ0v) is 17.0. The third kappa shape index (κ3) is 5.04. The molecule has 3 N–H and O–H groups in total. The molecule has 10 nitrogen and oxygen atoms in total. The molecular formula is C17H26N6O4S. The number of fused-ring (bicyclic) bond motifs is 1. The Kier molecular flexibility index (Phi) is 5.98. The lowest BCUT2D eigenvalue weighted by atomic mass is 10.1. The molecule has 1 fully saturated rings. The maximum atomic E-state index is 12.5. The highest BCUT2D eigenvalue weighted by Crippen LogP contribution is 2.18. The molecule has 2 aromatic rings. The van der Waals surface area contributed by atoms with Gasteiger partial charge in [0.1, 0.15) is 5.65 Å². The molecule has 154 valence electrons. The molecule has 0 bridgehead atoms. The number of rotatable bonds is 7. The minimum Gasteiger partial charge on any atom is -0.377 e. The van der Waals surface area contributed by atoms with Gasteiger partial charge in [0.15, 0.2) is 0 Å². The van der Waals surface area contributed by atoms with Crippen LogP contribution in [0.4, 0.5) is 5.95 Å². The number of nitrogens with one attached hydrogen (secondary N) is 3. The number of hydrogen-bond donors (Lipinski definition) is 3. The van der Waals surface area contributed by atoms with Gasteiger partial charge < -0.3 is 15.0 Å². The van der Waals surface area contributed by atoms with Crippen LogP contribution in [0.5, 0.6) is 0 Å². The highest BCUT2D eigenvalue weighted by atomic mass is 32.2. The van der Waals surface area contributed by atoms with Crippen LogP contribution in [0, 0.1) is 0 Å². The maximum absolute atomic E-state index is 12.5. The molecule has 0 aromatic carbocycles. The van der Waals surface area contributed by atoms with Crippen molar-refractivity contribution in [3.8, 4) is 0 Å². The van der Waals surface area contributed by atoms with E-state index in [1.54, 1.807) is 19.4 Å². The van der Waals surface area contributed by atoms with E-state index in [2.05, 4.69) is 25.0 Å². The summed E-state index contributed by atoms with van der Waals surface area (Å²) in [6.07, 6.45) is 2.89. The first-order valence-electron chi connectivity index (χ1n) is 9.11. The van der Waals surface area contributed by atoms with Crippen molar-refractivity contribution in [2.45, 2.75) is 38.3 Å². The topological polar surface area (TPSA) is 129 Å². The lowest BCUT2D eigenvalue weighted by Crippen LogP contribution is -2.50. The molecule has 1 aliphatic rings. The standard InChI is InChI=1S/C17H26N6O4S/c1-17(2,27-3)11-19-28(25,26)23-8-6-13(7-9-23)20-16-18-10-12-4-5-14(24)21-15(12)22-16/h4-5,10,13,19H,6-9,11H2,1-3H3,(H2,18,20,21,22,24). The summed E-state index contributed by atoms with van der Waals surface area (Å²) in [5.74, 6) is 0.413. The molecule has 1 aliphatic heterocycles. The Morgan fingerprint density at radius 3 is 2.71 bits per heavy atom. The number of hydrogen-bond acceptors (Lipinski definition) is 7. The Balaban J connectivity index is 1.57. The van der Waals surface area contributed by atoms with Crippen molar-refractivity contribution < 1.29 is 13.2 Å². The van der Waals surface area contributed by atoms with Gasteiger partial charge in [-0.1, -0.05) is 0 Å². The van der Waals surface area contributed by atoms with Crippen molar-refractivity contribution in [2.24, 2.45) is 0 Å². The molecule has 1 saturated heterocycles. The molecule has 2 aromatic heterocycles. The summed E-state index contributed by atoms with van der Waals surface area (Å²) in [6, 6.07) is 3.14. The van der Waals surface area contributed by atoms with Crippen LogP contribution >= 0.6 is 0 Å². The highest BCUT2D eigenvalue weighted by Gasteiger charge is 2.30. The monoisotopic (exact) mass is 410 g/mol. The lowest BCUT2D eigenvalue weighted by Gasteiger charge is -2.32. The van der Waals surface area contributed by atoms with Crippen molar-refractivity contribution >= 4 is 27.2 Å². The van der Waals surface area contributed by atoms with E-state index in [4.69, 9.17) is 4.74 Å². The summed E-state index contributed by atoms with van der Waals surface area (Å²) in [4.78, 5) is 22.7. The number of nitrogens with zero attached hydrogens (tertiary/aromatic N) is 3. The lowest BCUT2D eigenvalue weighted by molar-refractivity contribution is 0.0273. The van der Waals surface area contributed by atoms with Gasteiger partial charge in [-0.2, -0.15) is 22.4 Å². The Bertz CT molecular complexity index is 983. The van der Waals surface area contributed by atoms with Gasteiger partial charge in [0.25, 0.3) is 10.2 Å². The molecule has 3 heterocycles. The molecule has 0 aliphatic carbocycles. The molecule has 0 atom stereocenters. The molecule has 28 heavy (non-hydrogen) atoms. The van der Waals surface area contributed by atoms with Crippen molar-refractivity contribution in [2.75, 3.05) is 32.1 Å². The second-order valence-electron chi connectivity index (χ2n) is 7.43. The number of ether oxygens (including phenoxy) is 1. The van der Waals surface area contributed by atoms with Gasteiger partial charge in [0.05, 0.1) is 5.60 Å². The number of aromatic amines is 1. The predicted molar refractivity (Wildman–Crippen MR) is 106 cm³/mol. The van der Waals surface area contributed by atoms with Gasteiger partial charge in [0.2, 0.25) is 11.5 Å². The van der Waals surface area contributed by atoms with Crippen molar-refractivity contribution in [1.29, 1.82) is 0 Å². The minimum atomic E-state index is -3.55. The summed E-state index contributed by atoms with van der Waals surface area (Å²) in [5, 5.41) is 3.97. The van der Waals surface area contributed by atoms with Crippen LogP contribution in [0.2, 0.25) is 0 Å². The van der Waals surface area contributed by atoms with Crippen LogP contribution in [0.25, 0.3) is 11.0 Å². The number of piperidine rings is 1. The van der Waals surface area contributed by atoms with Gasteiger partial charge >= 0.3 is 0 Å². The molecule has 3 rings (SSSR count). The maximum Gasteiger partial charge on any atom is 0.279 e. The van der Waals surface area contributed by atoms with Gasteiger partial charge in [-0.3, -0.25) is 4.79 Å². The highest BCUT2D eigenvalue weighted by molar-refractivity contribution is 7.87. The fraction of sp³-hybridized carbons (Fsp3) is 0.588. The average molecular weight is 411 g/mol. The van der Waals surface area contributed by atoms with Gasteiger partial charge in [-0.05, 0) is 32.8 Å². The number of H-pyrrole nitrogens is 1. The van der Waals surface area contributed by atoms with E-state index in [0.29, 0.717) is 37.5 Å². The second kappa shape index (κ2) is 8.11. The van der Waals surface area contributed by atoms with E-state index in [1.807, 2.05) is 13.8 Å². The van der Waals surface area contributed by atoms with E-state index in [-0.39, 0.29) is 18.1 Å². The fourth-order valence-electron chi connectivity index (χ4n) is 2.86. The number of anilines is 1. The van der Waals surface area contributed by atoms with E-state index in [1.165, 1.54) is 10.4 Å². The van der Waals surface area contributed by atoms with Crippen LogP contribution < -0.4 is 15.6 Å². The molecule has 0 spiro atoms. The molecule has 11 heteroatoms. The first kappa shape index (κ1) is 20.6. The third-order valence-electron chi connectivity index (χ3n) is 4.83. The minimum absolute atomic E-state index is 0.0507. The van der Waals surface area contributed by atoms with Crippen LogP contribution in [-0.4, -0.2) is 66.1 Å². The number of pyridine rings is 1. The van der Waals surface area contributed by atoms with Crippen molar-refractivity contribution in [3.05, 3.63) is 28.7 Å². The molecule has 0 saturated carbocycles. The Morgan fingerprint density at radius 2 is 2.04 bits per heavy atom.